The minimum absolute atomic E-state index is 0. The van der Waals surface area contributed by atoms with Crippen molar-refractivity contribution in [1.29, 1.82) is 0 Å². The highest BCUT2D eigenvalue weighted by Gasteiger charge is 2.37. The van der Waals surface area contributed by atoms with Crippen molar-refractivity contribution in [2.24, 2.45) is 0 Å². The van der Waals surface area contributed by atoms with E-state index in [-0.39, 0.29) is 20.3 Å². The molecular formula is C14H38O4Si3. The zero-order valence-electron chi connectivity index (χ0n) is 13.4. The quantitative estimate of drug-likeness (QED) is 0.373. The van der Waals surface area contributed by atoms with Crippen LogP contribution in [0.25, 0.3) is 0 Å². The summed E-state index contributed by atoms with van der Waals surface area (Å²) in [7, 11) is -5.21. The molecular weight excluding hydrogens is 316 g/mol. The van der Waals surface area contributed by atoms with Gasteiger partial charge < -0.3 is 18.4 Å². The van der Waals surface area contributed by atoms with E-state index in [2.05, 4.69) is 51.9 Å². The second kappa shape index (κ2) is 11.5. The van der Waals surface area contributed by atoms with E-state index in [1.54, 1.807) is 0 Å². The summed E-state index contributed by atoms with van der Waals surface area (Å²) in [6.45, 7) is 16.0. The molecule has 0 unspecified atom stereocenters. The van der Waals surface area contributed by atoms with Crippen LogP contribution in [0.3, 0.4) is 0 Å². The maximum Gasteiger partial charge on any atom is 0.311 e. The fourth-order valence-electron chi connectivity index (χ4n) is 2.10. The highest BCUT2D eigenvalue weighted by Crippen LogP contribution is 2.23. The Hall–Kier alpha value is -0.109. The summed E-state index contributed by atoms with van der Waals surface area (Å²) in [6, 6.07) is 1.06. The molecule has 130 valence electrons. The van der Waals surface area contributed by atoms with Gasteiger partial charge in [-0.3, -0.25) is 0 Å². The normalized spacial score (nSPS) is 11.3. The van der Waals surface area contributed by atoms with Gasteiger partial charge in [0.25, 0.3) is 0 Å². The Balaban J connectivity index is -0.000000482. The first kappa shape index (κ1) is 29.0. The summed E-state index contributed by atoms with van der Waals surface area (Å²) in [5, 5.41) is 0. The Kier molecular flexibility index (Phi) is 15.8. The average Bonchev–Trinajstić information content (AvgIpc) is 2.06. The van der Waals surface area contributed by atoms with Crippen molar-refractivity contribution in [3.8, 4) is 12.5 Å². The Morgan fingerprint density at radius 1 is 0.905 bits per heavy atom. The molecule has 0 aliphatic carbocycles. The zero-order valence-corrected chi connectivity index (χ0v) is 16.4. The first-order chi connectivity index (χ1) is 7.97. The van der Waals surface area contributed by atoms with Crippen molar-refractivity contribution < 1.29 is 18.4 Å². The first-order valence-electron chi connectivity index (χ1n) is 6.45. The second-order valence-electron chi connectivity index (χ2n) is 6.55. The summed E-state index contributed by atoms with van der Waals surface area (Å²) < 4.78 is 17.5. The molecule has 0 rings (SSSR count). The van der Waals surface area contributed by atoms with E-state index in [0.29, 0.717) is 6.61 Å². The molecule has 0 aromatic heterocycles. The maximum absolute atomic E-state index is 6.36. The number of hydrogen-bond acceptors (Lipinski definition) is 3. The van der Waals surface area contributed by atoms with Gasteiger partial charge in [-0.05, 0) is 58.3 Å². The zero-order chi connectivity index (χ0) is 14.4. The van der Waals surface area contributed by atoms with E-state index in [1.165, 1.54) is 0 Å². The van der Waals surface area contributed by atoms with E-state index >= 15 is 0 Å². The lowest BCUT2D eigenvalue weighted by atomic mass is 10.5. The van der Waals surface area contributed by atoms with Crippen LogP contribution in [-0.4, -0.2) is 37.3 Å². The summed E-state index contributed by atoms with van der Waals surface area (Å²) in [6.07, 6.45) is 8.21. The first-order valence-corrected chi connectivity index (χ1v) is 15.8. The average molecular weight is 355 g/mol. The monoisotopic (exact) mass is 354 g/mol. The van der Waals surface area contributed by atoms with Gasteiger partial charge in [-0.15, -0.1) is 0 Å². The standard InChI is InChI=1S/C12H28O3Si3.2CH4.H2O/c1-9-13-11-10-12-17(5,6)15-18(7,8)14-16(2,3)4;;;/h1H,10-12H2,2-8H3;2*1H4;1H2. The molecule has 21 heavy (non-hydrogen) atoms. The summed E-state index contributed by atoms with van der Waals surface area (Å²) >= 11 is 0. The van der Waals surface area contributed by atoms with Gasteiger partial charge in [-0.25, -0.2) is 0 Å². The predicted molar refractivity (Wildman–Crippen MR) is 102 cm³/mol. The Labute approximate surface area is 136 Å². The number of rotatable bonds is 8. The van der Waals surface area contributed by atoms with Gasteiger partial charge in [0.1, 0.15) is 6.11 Å². The highest BCUT2D eigenvalue weighted by molar-refractivity contribution is 6.87. The van der Waals surface area contributed by atoms with Gasteiger partial charge in [0, 0.05) is 0 Å². The molecule has 0 aromatic rings. The molecule has 0 fully saturated rings. The van der Waals surface area contributed by atoms with Crippen molar-refractivity contribution in [1.82, 2.24) is 0 Å². The summed E-state index contributed by atoms with van der Waals surface area (Å²) in [4.78, 5) is 0. The minimum Gasteiger partial charge on any atom is -0.447 e. The second-order valence-corrected chi connectivity index (χ2v) is 19.2. The van der Waals surface area contributed by atoms with Crippen LogP contribution >= 0.6 is 0 Å². The number of hydrogen-bond donors (Lipinski definition) is 0. The molecule has 0 atom stereocenters. The van der Waals surface area contributed by atoms with E-state index in [4.69, 9.17) is 19.4 Å². The Morgan fingerprint density at radius 3 is 1.76 bits per heavy atom. The van der Waals surface area contributed by atoms with E-state index in [0.717, 1.165) is 12.5 Å². The van der Waals surface area contributed by atoms with Crippen molar-refractivity contribution >= 4 is 25.2 Å². The molecule has 0 aromatic carbocycles. The lowest BCUT2D eigenvalue weighted by Gasteiger charge is -2.37. The minimum atomic E-state index is -2.00. The summed E-state index contributed by atoms with van der Waals surface area (Å²) in [5.74, 6) is 0. The Bertz CT molecular complexity index is 294. The topological polar surface area (TPSA) is 59.2 Å². The van der Waals surface area contributed by atoms with Crippen LogP contribution in [0.15, 0.2) is 0 Å². The van der Waals surface area contributed by atoms with Crippen LogP contribution in [0.2, 0.25) is 51.9 Å². The maximum atomic E-state index is 6.36. The summed E-state index contributed by atoms with van der Waals surface area (Å²) in [5.41, 5.74) is 0. The van der Waals surface area contributed by atoms with Crippen molar-refractivity contribution in [3.05, 3.63) is 0 Å². The molecule has 4 nitrogen and oxygen atoms in total. The SMILES string of the molecule is C.C.C#COCCC[Si](C)(C)O[Si](C)(C)O[Si](C)(C)C.O. The largest absolute Gasteiger partial charge is 0.447 e. The van der Waals surface area contributed by atoms with Crippen LogP contribution in [0, 0.1) is 12.5 Å². The van der Waals surface area contributed by atoms with Gasteiger partial charge in [-0.1, -0.05) is 21.3 Å². The molecule has 0 radical (unpaired) electrons. The van der Waals surface area contributed by atoms with Crippen molar-refractivity contribution in [2.75, 3.05) is 6.61 Å². The van der Waals surface area contributed by atoms with Gasteiger partial charge >= 0.3 is 8.56 Å². The predicted octanol–water partition coefficient (Wildman–Crippen LogP) is 4.21. The molecule has 7 heteroatoms. The molecule has 0 saturated carbocycles. The van der Waals surface area contributed by atoms with Gasteiger partial charge in [0.2, 0.25) is 0 Å². The lowest BCUT2D eigenvalue weighted by Crippen LogP contribution is -2.51. The van der Waals surface area contributed by atoms with Gasteiger partial charge in [0.15, 0.2) is 16.6 Å². The third-order valence-corrected chi connectivity index (χ3v) is 12.3. The molecule has 2 N–H and O–H groups in total. The van der Waals surface area contributed by atoms with E-state index in [1.807, 2.05) is 0 Å². The third-order valence-electron chi connectivity index (χ3n) is 2.18. The molecule has 0 spiro atoms. The molecule has 0 aliphatic rings. The molecule has 0 amide bonds. The molecule has 0 aliphatic heterocycles. The fraction of sp³-hybridized carbons (Fsp3) is 0.857. The number of ether oxygens (including phenoxy) is 1. The van der Waals surface area contributed by atoms with Crippen molar-refractivity contribution in [3.63, 3.8) is 0 Å². The van der Waals surface area contributed by atoms with Crippen LogP contribution in [0.5, 0.6) is 0 Å². The van der Waals surface area contributed by atoms with Crippen molar-refractivity contribution in [2.45, 2.75) is 73.1 Å². The van der Waals surface area contributed by atoms with Gasteiger partial charge in [0.05, 0.1) is 6.61 Å². The fourth-order valence-corrected chi connectivity index (χ4v) is 15.3. The van der Waals surface area contributed by atoms with E-state index in [9.17, 15) is 0 Å². The van der Waals surface area contributed by atoms with Crippen LogP contribution in [0.4, 0.5) is 0 Å². The lowest BCUT2D eigenvalue weighted by molar-refractivity contribution is 0.275. The molecule has 0 bridgehead atoms. The van der Waals surface area contributed by atoms with E-state index < -0.39 is 25.2 Å². The number of terminal acetylenes is 1. The Morgan fingerprint density at radius 2 is 1.38 bits per heavy atom. The highest BCUT2D eigenvalue weighted by atomic mass is 28.5. The molecule has 0 saturated heterocycles. The van der Waals surface area contributed by atoms with Crippen LogP contribution in [-0.2, 0) is 13.0 Å². The van der Waals surface area contributed by atoms with Crippen LogP contribution in [0.1, 0.15) is 21.3 Å². The molecule has 0 heterocycles. The smallest absolute Gasteiger partial charge is 0.311 e. The van der Waals surface area contributed by atoms with Crippen LogP contribution < -0.4 is 0 Å². The third kappa shape index (κ3) is 17.8. The van der Waals surface area contributed by atoms with Gasteiger partial charge in [-0.2, -0.15) is 0 Å².